The van der Waals surface area contributed by atoms with Crippen molar-refractivity contribution in [3.63, 3.8) is 0 Å². The minimum absolute atomic E-state index is 0.0326. The van der Waals surface area contributed by atoms with Crippen molar-refractivity contribution in [2.45, 2.75) is 32.4 Å². The molecule has 2 aliphatic heterocycles. The third-order valence-electron chi connectivity index (χ3n) is 5.14. The smallest absolute Gasteiger partial charge is 0.285 e. The van der Waals surface area contributed by atoms with Crippen LogP contribution in [0.5, 0.6) is 0 Å². The fourth-order valence-corrected chi connectivity index (χ4v) is 3.90. The number of H-pyrrole nitrogens is 1. The van der Waals surface area contributed by atoms with Crippen molar-refractivity contribution in [3.05, 3.63) is 68.4 Å². The highest BCUT2D eigenvalue weighted by atomic mass is 35.5. The first-order valence-electron chi connectivity index (χ1n) is 8.85. The first kappa shape index (κ1) is 18.7. The molecule has 2 aromatic rings. The number of hydrogen-bond donors (Lipinski definition) is 3. The number of aromatic amines is 1. The summed E-state index contributed by atoms with van der Waals surface area (Å²) in [5.41, 5.74) is 8.84. The lowest BCUT2D eigenvalue weighted by Crippen LogP contribution is -2.43. The molecule has 0 radical (unpaired) electrons. The number of anilines is 1. The number of halogens is 3. The van der Waals surface area contributed by atoms with Crippen LogP contribution in [0, 0.1) is 0 Å². The lowest BCUT2D eigenvalue weighted by Gasteiger charge is -2.36. The van der Waals surface area contributed by atoms with Gasteiger partial charge in [-0.3, -0.25) is 9.80 Å². The van der Waals surface area contributed by atoms with Crippen LogP contribution in [0.2, 0.25) is 5.02 Å². The summed E-state index contributed by atoms with van der Waals surface area (Å²) < 4.78 is 26.6. The molecule has 1 aromatic carbocycles. The summed E-state index contributed by atoms with van der Waals surface area (Å²) >= 11 is 6.16. The number of aromatic nitrogens is 2. The maximum Gasteiger partial charge on any atom is 0.285 e. The van der Waals surface area contributed by atoms with E-state index in [0.29, 0.717) is 30.8 Å². The number of nitrogens with zero attached hydrogens (tertiary/aromatic N) is 3. The standard InChI is InChI=1S/C18H19ClF2N6O/c1-10-16-13(6-7-26(10)14-8-22-24-18(28)15(14)19)27(25-23-16)9-11-4-2-3-5-12(11)17(20)21/h2-5,8,10,17,23,25H,6-7,9H2,1H3,(H,24,28)/t10-/m1/s1. The second-order valence-corrected chi connectivity index (χ2v) is 7.08. The molecule has 7 nitrogen and oxygen atoms in total. The molecular weight excluding hydrogens is 390 g/mol. The maximum absolute atomic E-state index is 13.3. The summed E-state index contributed by atoms with van der Waals surface area (Å²) in [6.45, 7) is 2.91. The van der Waals surface area contributed by atoms with E-state index in [4.69, 9.17) is 11.6 Å². The lowest BCUT2D eigenvalue weighted by atomic mass is 10.0. The Hall–Kier alpha value is -2.65. The van der Waals surface area contributed by atoms with Crippen molar-refractivity contribution in [3.8, 4) is 0 Å². The Bertz CT molecular complexity index is 979. The molecule has 0 unspecified atom stereocenters. The molecule has 0 saturated carbocycles. The van der Waals surface area contributed by atoms with Crippen LogP contribution >= 0.6 is 11.6 Å². The monoisotopic (exact) mass is 408 g/mol. The van der Waals surface area contributed by atoms with Gasteiger partial charge in [-0.05, 0) is 12.5 Å². The van der Waals surface area contributed by atoms with Crippen LogP contribution in [0.4, 0.5) is 14.5 Å². The van der Waals surface area contributed by atoms with Crippen LogP contribution in [0.25, 0.3) is 0 Å². The predicted octanol–water partition coefficient (Wildman–Crippen LogP) is 2.70. The molecule has 0 saturated heterocycles. The predicted molar refractivity (Wildman–Crippen MR) is 102 cm³/mol. The van der Waals surface area contributed by atoms with E-state index in [-0.39, 0.29) is 16.6 Å². The Morgan fingerprint density at radius 3 is 2.93 bits per heavy atom. The average Bonchev–Trinajstić information content (AvgIpc) is 3.09. The van der Waals surface area contributed by atoms with Gasteiger partial charge in [0.2, 0.25) is 0 Å². The van der Waals surface area contributed by atoms with Gasteiger partial charge in [-0.25, -0.2) is 13.9 Å². The van der Waals surface area contributed by atoms with E-state index in [9.17, 15) is 13.6 Å². The van der Waals surface area contributed by atoms with Crippen molar-refractivity contribution >= 4 is 17.3 Å². The highest BCUT2D eigenvalue weighted by Crippen LogP contribution is 2.34. The Morgan fingerprint density at radius 2 is 2.14 bits per heavy atom. The first-order chi connectivity index (χ1) is 13.5. The van der Waals surface area contributed by atoms with Gasteiger partial charge in [-0.1, -0.05) is 35.9 Å². The van der Waals surface area contributed by atoms with Crippen molar-refractivity contribution < 1.29 is 8.78 Å². The average molecular weight is 409 g/mol. The van der Waals surface area contributed by atoms with Crippen LogP contribution in [-0.4, -0.2) is 27.8 Å². The molecule has 0 amide bonds. The van der Waals surface area contributed by atoms with Crippen LogP contribution in [0.1, 0.15) is 30.9 Å². The molecule has 0 bridgehead atoms. The fourth-order valence-electron chi connectivity index (χ4n) is 3.70. The Labute approximate surface area is 164 Å². The minimum Gasteiger partial charge on any atom is -0.360 e. The third kappa shape index (κ3) is 3.20. The summed E-state index contributed by atoms with van der Waals surface area (Å²) in [6.07, 6.45) is -0.336. The molecule has 148 valence electrons. The van der Waals surface area contributed by atoms with E-state index in [0.717, 1.165) is 11.4 Å². The van der Waals surface area contributed by atoms with E-state index >= 15 is 0 Å². The van der Waals surface area contributed by atoms with Crippen molar-refractivity contribution in [2.24, 2.45) is 0 Å². The summed E-state index contributed by atoms with van der Waals surface area (Å²) in [5, 5.41) is 8.10. The van der Waals surface area contributed by atoms with Gasteiger partial charge in [0.15, 0.2) is 0 Å². The minimum atomic E-state index is -2.52. The number of benzene rings is 1. The van der Waals surface area contributed by atoms with Crippen LogP contribution < -0.4 is 21.4 Å². The summed E-state index contributed by atoms with van der Waals surface area (Å²) in [4.78, 5) is 13.8. The molecule has 3 N–H and O–H groups in total. The molecule has 2 aliphatic rings. The zero-order chi connectivity index (χ0) is 19.8. The molecule has 3 heterocycles. The van der Waals surface area contributed by atoms with Gasteiger partial charge < -0.3 is 10.3 Å². The molecule has 0 aliphatic carbocycles. The second kappa shape index (κ2) is 7.40. The van der Waals surface area contributed by atoms with Gasteiger partial charge >= 0.3 is 0 Å². The number of alkyl halides is 2. The van der Waals surface area contributed by atoms with E-state index in [1.807, 2.05) is 16.8 Å². The quantitative estimate of drug-likeness (QED) is 0.722. The van der Waals surface area contributed by atoms with E-state index in [1.54, 1.807) is 18.2 Å². The summed E-state index contributed by atoms with van der Waals surface area (Å²) in [7, 11) is 0. The van der Waals surface area contributed by atoms with Crippen molar-refractivity contribution in [1.82, 2.24) is 26.2 Å². The van der Waals surface area contributed by atoms with Crippen molar-refractivity contribution in [1.29, 1.82) is 0 Å². The Kier molecular flexibility index (Phi) is 4.94. The Morgan fingerprint density at radius 1 is 1.36 bits per heavy atom. The van der Waals surface area contributed by atoms with Gasteiger partial charge in [0.05, 0.1) is 35.9 Å². The molecule has 1 aromatic heterocycles. The molecule has 4 rings (SSSR count). The molecular formula is C18H19ClF2N6O. The van der Waals surface area contributed by atoms with Gasteiger partial charge in [0, 0.05) is 18.5 Å². The molecule has 10 heteroatoms. The van der Waals surface area contributed by atoms with E-state index in [2.05, 4.69) is 21.2 Å². The number of nitrogens with one attached hydrogen (secondary N) is 3. The molecule has 28 heavy (non-hydrogen) atoms. The van der Waals surface area contributed by atoms with Gasteiger partial charge in [0.25, 0.3) is 12.0 Å². The van der Waals surface area contributed by atoms with Crippen LogP contribution in [0.15, 0.2) is 46.7 Å². The second-order valence-electron chi connectivity index (χ2n) is 6.70. The number of hydrogen-bond acceptors (Lipinski definition) is 6. The molecule has 0 spiro atoms. The van der Waals surface area contributed by atoms with E-state index in [1.165, 1.54) is 12.3 Å². The molecule has 1 atom stereocenters. The zero-order valence-electron chi connectivity index (χ0n) is 15.0. The highest BCUT2D eigenvalue weighted by molar-refractivity contribution is 6.33. The highest BCUT2D eigenvalue weighted by Gasteiger charge is 2.34. The third-order valence-corrected chi connectivity index (χ3v) is 5.51. The van der Waals surface area contributed by atoms with Crippen LogP contribution in [-0.2, 0) is 6.54 Å². The Balaban J connectivity index is 1.59. The van der Waals surface area contributed by atoms with Crippen LogP contribution in [0.3, 0.4) is 0 Å². The summed E-state index contributed by atoms with van der Waals surface area (Å²) in [6, 6.07) is 6.43. The molecule has 0 fully saturated rings. The largest absolute Gasteiger partial charge is 0.360 e. The maximum atomic E-state index is 13.3. The van der Waals surface area contributed by atoms with Gasteiger partial charge in [-0.2, -0.15) is 5.10 Å². The number of hydrazine groups is 2. The fraction of sp³-hybridized carbons (Fsp3) is 0.333. The van der Waals surface area contributed by atoms with E-state index < -0.39 is 12.0 Å². The normalized spacial score (nSPS) is 19.2. The first-order valence-corrected chi connectivity index (χ1v) is 9.23. The van der Waals surface area contributed by atoms with Crippen molar-refractivity contribution in [2.75, 3.05) is 11.4 Å². The number of rotatable bonds is 4. The SMILES string of the molecule is C[C@@H]1C2=C(CCN1c1cn[nH]c(=O)c1Cl)N(Cc1ccccc1C(F)F)NN2. The van der Waals surface area contributed by atoms with Gasteiger partial charge in [-0.15, -0.1) is 5.53 Å². The topological polar surface area (TPSA) is 76.3 Å². The van der Waals surface area contributed by atoms with Gasteiger partial charge in [0.1, 0.15) is 5.02 Å². The summed E-state index contributed by atoms with van der Waals surface area (Å²) in [5.74, 6) is 0. The lowest BCUT2D eigenvalue weighted by molar-refractivity contribution is 0.147. The zero-order valence-corrected chi connectivity index (χ0v) is 15.8.